The maximum Gasteiger partial charge on any atom is 0.257 e. The van der Waals surface area contributed by atoms with Gasteiger partial charge in [0.05, 0.1) is 14.2 Å². The molecule has 0 atom stereocenters. The van der Waals surface area contributed by atoms with Crippen LogP contribution < -0.4 is 19.8 Å². The topological polar surface area (TPSA) is 27.7 Å². The van der Waals surface area contributed by atoms with Crippen LogP contribution in [0.3, 0.4) is 0 Å². The largest absolute Gasteiger partial charge is 0.497 e. The highest BCUT2D eigenvalue weighted by atomic mass is 28.4. The van der Waals surface area contributed by atoms with Gasteiger partial charge in [-0.05, 0) is 40.2 Å². The lowest BCUT2D eigenvalue weighted by atomic mass is 10.3. The van der Waals surface area contributed by atoms with Gasteiger partial charge in [0.1, 0.15) is 11.5 Å². The van der Waals surface area contributed by atoms with Crippen molar-refractivity contribution in [1.82, 2.24) is 0 Å². The first kappa shape index (κ1) is 16.6. The third kappa shape index (κ3) is 2.89. The molecule has 2 rings (SSSR count). The Hall–Kier alpha value is -1.78. The van der Waals surface area contributed by atoms with Gasteiger partial charge in [-0.2, -0.15) is 0 Å². The lowest BCUT2D eigenvalue weighted by Gasteiger charge is -2.34. The molecule has 0 amide bonds. The van der Waals surface area contributed by atoms with Crippen LogP contribution in [-0.4, -0.2) is 29.6 Å². The fourth-order valence-electron chi connectivity index (χ4n) is 2.98. The molecule has 0 heterocycles. The van der Waals surface area contributed by atoms with Crippen LogP contribution in [-0.2, 0) is 4.43 Å². The molecule has 2 aromatic rings. The average molecular weight is 316 g/mol. The van der Waals surface area contributed by atoms with E-state index < -0.39 is 8.32 Å². The van der Waals surface area contributed by atoms with E-state index in [4.69, 9.17) is 13.9 Å². The molecule has 0 radical (unpaired) electrons. The van der Waals surface area contributed by atoms with Gasteiger partial charge in [-0.15, -0.1) is 0 Å². The minimum Gasteiger partial charge on any atom is -0.497 e. The van der Waals surface area contributed by atoms with Crippen LogP contribution in [0.4, 0.5) is 0 Å². The van der Waals surface area contributed by atoms with Crippen LogP contribution in [0.1, 0.15) is 13.8 Å². The molecule has 0 bridgehead atoms. The number of hydrogen-bond donors (Lipinski definition) is 0. The predicted molar refractivity (Wildman–Crippen MR) is 93.1 cm³/mol. The second kappa shape index (κ2) is 6.98. The van der Waals surface area contributed by atoms with Gasteiger partial charge in [-0.3, -0.25) is 0 Å². The maximum atomic E-state index is 6.18. The van der Waals surface area contributed by atoms with Gasteiger partial charge in [0.2, 0.25) is 0 Å². The molecule has 118 valence electrons. The summed E-state index contributed by atoms with van der Waals surface area (Å²) in [5.41, 5.74) is 0.402. The Labute approximate surface area is 134 Å². The van der Waals surface area contributed by atoms with Crippen molar-refractivity contribution in [3.63, 3.8) is 0 Å². The molecule has 0 aliphatic rings. The van der Waals surface area contributed by atoms with Crippen molar-refractivity contribution in [2.24, 2.45) is 0 Å². The molecule has 0 N–H and O–H groups in total. The molecule has 3 nitrogen and oxygen atoms in total. The van der Waals surface area contributed by atoms with Crippen molar-refractivity contribution >= 4 is 18.7 Å². The van der Waals surface area contributed by atoms with Gasteiger partial charge in [0.15, 0.2) is 0 Å². The van der Waals surface area contributed by atoms with Gasteiger partial charge in [0.25, 0.3) is 8.32 Å². The standard InChI is InChI=1S/C18H24O3Si/c1-14(2)22(21-5,17-10-6-15(19-3)7-11-17)18-12-8-16(20-4)9-13-18/h6-14H,1-5H3. The van der Waals surface area contributed by atoms with E-state index in [-0.39, 0.29) is 0 Å². The second-order valence-corrected chi connectivity index (χ2v) is 9.74. The van der Waals surface area contributed by atoms with Gasteiger partial charge in [-0.25, -0.2) is 0 Å². The highest BCUT2D eigenvalue weighted by Crippen LogP contribution is 2.23. The number of ether oxygens (including phenoxy) is 2. The Balaban J connectivity index is 2.54. The summed E-state index contributed by atoms with van der Waals surface area (Å²) in [6, 6.07) is 16.5. The lowest BCUT2D eigenvalue weighted by Crippen LogP contribution is -2.62. The highest BCUT2D eigenvalue weighted by molar-refractivity contribution is 6.98. The Kier molecular flexibility index (Phi) is 5.27. The molecule has 0 spiro atoms. The average Bonchev–Trinajstić information content (AvgIpc) is 2.57. The van der Waals surface area contributed by atoms with Crippen molar-refractivity contribution in [3.05, 3.63) is 48.5 Å². The van der Waals surface area contributed by atoms with E-state index in [0.29, 0.717) is 5.54 Å². The molecule has 0 saturated carbocycles. The zero-order chi connectivity index (χ0) is 16.2. The number of hydrogen-bond acceptors (Lipinski definition) is 3. The van der Waals surface area contributed by atoms with Crippen LogP contribution in [0.15, 0.2) is 48.5 Å². The number of methoxy groups -OCH3 is 2. The highest BCUT2D eigenvalue weighted by Gasteiger charge is 2.42. The van der Waals surface area contributed by atoms with Crippen molar-refractivity contribution in [1.29, 1.82) is 0 Å². The first-order valence-corrected chi connectivity index (χ1v) is 9.41. The summed E-state index contributed by atoms with van der Waals surface area (Å²) in [6.07, 6.45) is 0. The van der Waals surface area contributed by atoms with E-state index in [0.717, 1.165) is 11.5 Å². The van der Waals surface area contributed by atoms with Gasteiger partial charge in [0, 0.05) is 7.11 Å². The zero-order valence-electron chi connectivity index (χ0n) is 13.9. The number of benzene rings is 2. The van der Waals surface area contributed by atoms with Crippen LogP contribution in [0, 0.1) is 0 Å². The van der Waals surface area contributed by atoms with Crippen LogP contribution in [0.5, 0.6) is 11.5 Å². The van der Waals surface area contributed by atoms with Crippen molar-refractivity contribution in [2.45, 2.75) is 19.4 Å². The summed E-state index contributed by atoms with van der Waals surface area (Å²) >= 11 is 0. The molecule has 2 aromatic carbocycles. The summed E-state index contributed by atoms with van der Waals surface area (Å²) in [5.74, 6) is 1.72. The molecular formula is C18H24O3Si. The van der Waals surface area contributed by atoms with Crippen LogP contribution >= 0.6 is 0 Å². The maximum absolute atomic E-state index is 6.18. The molecule has 22 heavy (non-hydrogen) atoms. The van der Waals surface area contributed by atoms with E-state index in [1.54, 1.807) is 14.2 Å². The van der Waals surface area contributed by atoms with Gasteiger partial charge < -0.3 is 13.9 Å². The third-order valence-electron chi connectivity index (χ3n) is 4.17. The summed E-state index contributed by atoms with van der Waals surface area (Å²) in [6.45, 7) is 4.45. The minimum absolute atomic E-state index is 0.402. The molecule has 0 fully saturated rings. The Morgan fingerprint density at radius 3 is 1.27 bits per heavy atom. The molecule has 0 aliphatic heterocycles. The van der Waals surface area contributed by atoms with E-state index in [2.05, 4.69) is 38.1 Å². The normalized spacial score (nSPS) is 11.5. The van der Waals surface area contributed by atoms with Crippen molar-refractivity contribution in [3.8, 4) is 11.5 Å². The van der Waals surface area contributed by atoms with Gasteiger partial charge in [-0.1, -0.05) is 38.1 Å². The van der Waals surface area contributed by atoms with E-state index in [1.807, 2.05) is 31.4 Å². The summed E-state index contributed by atoms with van der Waals surface area (Å²) in [5, 5.41) is 2.49. The smallest absolute Gasteiger partial charge is 0.257 e. The Morgan fingerprint density at radius 2 is 1.05 bits per heavy atom. The van der Waals surface area contributed by atoms with E-state index in [1.165, 1.54) is 10.4 Å². The molecular weight excluding hydrogens is 292 g/mol. The minimum atomic E-state index is -2.28. The lowest BCUT2D eigenvalue weighted by molar-refractivity contribution is 0.405. The summed E-state index contributed by atoms with van der Waals surface area (Å²) < 4.78 is 16.7. The Morgan fingerprint density at radius 1 is 0.682 bits per heavy atom. The van der Waals surface area contributed by atoms with Crippen LogP contribution in [0.25, 0.3) is 0 Å². The van der Waals surface area contributed by atoms with Crippen LogP contribution in [0.2, 0.25) is 5.54 Å². The molecule has 0 unspecified atom stereocenters. The molecule has 0 aromatic heterocycles. The van der Waals surface area contributed by atoms with E-state index in [9.17, 15) is 0 Å². The monoisotopic (exact) mass is 316 g/mol. The SMILES string of the molecule is COc1ccc([Si](OC)(c2ccc(OC)cc2)C(C)C)cc1. The fourth-order valence-corrected chi connectivity index (χ4v) is 6.92. The first-order valence-electron chi connectivity index (χ1n) is 7.42. The van der Waals surface area contributed by atoms with Crippen molar-refractivity contribution in [2.75, 3.05) is 21.3 Å². The molecule has 0 saturated heterocycles. The second-order valence-electron chi connectivity index (χ2n) is 5.55. The molecule has 4 heteroatoms. The fraction of sp³-hybridized carbons (Fsp3) is 0.333. The summed E-state index contributed by atoms with van der Waals surface area (Å²) in [4.78, 5) is 0. The number of rotatable bonds is 6. The summed E-state index contributed by atoms with van der Waals surface area (Å²) in [7, 11) is 2.90. The molecule has 0 aliphatic carbocycles. The zero-order valence-corrected chi connectivity index (χ0v) is 14.9. The predicted octanol–water partition coefficient (Wildman–Crippen LogP) is 2.82. The Bertz CT molecular complexity index is 543. The van der Waals surface area contributed by atoms with E-state index >= 15 is 0 Å². The quantitative estimate of drug-likeness (QED) is 0.767. The third-order valence-corrected chi connectivity index (χ3v) is 8.82. The van der Waals surface area contributed by atoms with Crippen molar-refractivity contribution < 1.29 is 13.9 Å². The first-order chi connectivity index (χ1) is 10.6. The van der Waals surface area contributed by atoms with Gasteiger partial charge >= 0.3 is 0 Å².